The Balaban J connectivity index is 1.59. The van der Waals surface area contributed by atoms with Crippen molar-refractivity contribution in [3.05, 3.63) is 65.2 Å². The first-order valence-corrected chi connectivity index (χ1v) is 8.43. The molecule has 1 fully saturated rings. The fourth-order valence-corrected chi connectivity index (χ4v) is 3.01. The van der Waals surface area contributed by atoms with E-state index >= 15 is 0 Å². The molecule has 0 N–H and O–H groups in total. The van der Waals surface area contributed by atoms with E-state index in [1.807, 2.05) is 4.90 Å². The summed E-state index contributed by atoms with van der Waals surface area (Å²) in [5.41, 5.74) is 0.733. The molecule has 0 aliphatic carbocycles. The van der Waals surface area contributed by atoms with E-state index in [4.69, 9.17) is 0 Å². The van der Waals surface area contributed by atoms with Crippen LogP contribution in [0.3, 0.4) is 0 Å². The number of nitrogens with zero attached hydrogens (tertiary/aromatic N) is 2. The van der Waals surface area contributed by atoms with Crippen LogP contribution in [0.15, 0.2) is 42.5 Å². The smallest absolute Gasteiger partial charge is 0.387 e. The van der Waals surface area contributed by atoms with Crippen molar-refractivity contribution in [1.29, 1.82) is 0 Å². The molecule has 2 aromatic rings. The van der Waals surface area contributed by atoms with Crippen molar-refractivity contribution in [1.82, 2.24) is 9.80 Å². The molecule has 1 heterocycles. The third kappa shape index (κ3) is 4.77. The Kier molecular flexibility index (Phi) is 5.95. The predicted molar refractivity (Wildman–Crippen MR) is 90.6 cm³/mol. The molecule has 0 unspecified atom stereocenters. The molecule has 1 saturated heterocycles. The highest BCUT2D eigenvalue weighted by molar-refractivity contribution is 5.94. The summed E-state index contributed by atoms with van der Waals surface area (Å²) in [6.45, 7) is -0.630. The van der Waals surface area contributed by atoms with Crippen molar-refractivity contribution in [2.24, 2.45) is 0 Å². The summed E-state index contributed by atoms with van der Waals surface area (Å²) < 4.78 is 55.9. The van der Waals surface area contributed by atoms with E-state index in [-0.39, 0.29) is 17.2 Å². The van der Waals surface area contributed by atoms with Gasteiger partial charge in [0, 0.05) is 43.9 Å². The first-order chi connectivity index (χ1) is 12.9. The van der Waals surface area contributed by atoms with E-state index < -0.39 is 18.2 Å². The number of alkyl halides is 2. The van der Waals surface area contributed by atoms with Crippen LogP contribution in [0.25, 0.3) is 0 Å². The van der Waals surface area contributed by atoms with Gasteiger partial charge in [-0.25, -0.2) is 8.78 Å². The molecule has 2 aromatic carbocycles. The lowest BCUT2D eigenvalue weighted by Gasteiger charge is -2.35. The van der Waals surface area contributed by atoms with E-state index in [0.717, 1.165) is 12.1 Å². The quantitative estimate of drug-likeness (QED) is 0.742. The van der Waals surface area contributed by atoms with Gasteiger partial charge in [0.15, 0.2) is 11.6 Å². The number of rotatable bonds is 5. The number of carbonyl (C=O) groups excluding carboxylic acids is 1. The van der Waals surface area contributed by atoms with Crippen LogP contribution < -0.4 is 4.74 Å². The molecule has 0 spiro atoms. The number of carbonyl (C=O) groups is 1. The average molecular weight is 382 g/mol. The lowest BCUT2D eigenvalue weighted by atomic mass is 10.1. The van der Waals surface area contributed by atoms with Crippen LogP contribution in [0.5, 0.6) is 5.75 Å². The Hall–Kier alpha value is -2.61. The van der Waals surface area contributed by atoms with Crippen molar-refractivity contribution < 1.29 is 27.1 Å². The third-order valence-electron chi connectivity index (χ3n) is 4.41. The molecule has 1 aliphatic rings. The topological polar surface area (TPSA) is 32.8 Å². The fraction of sp³-hybridized carbons (Fsp3) is 0.316. The summed E-state index contributed by atoms with van der Waals surface area (Å²) in [6.07, 6.45) is 0. The summed E-state index contributed by atoms with van der Waals surface area (Å²) in [4.78, 5) is 16.0. The van der Waals surface area contributed by atoms with Crippen molar-refractivity contribution in [2.75, 3.05) is 26.2 Å². The van der Waals surface area contributed by atoms with Gasteiger partial charge in [-0.3, -0.25) is 9.69 Å². The number of benzene rings is 2. The van der Waals surface area contributed by atoms with Crippen LogP contribution in [-0.2, 0) is 6.54 Å². The zero-order valence-corrected chi connectivity index (χ0v) is 14.4. The average Bonchev–Trinajstić information content (AvgIpc) is 2.65. The molecule has 0 aromatic heterocycles. The second-order valence-corrected chi connectivity index (χ2v) is 6.18. The van der Waals surface area contributed by atoms with E-state index in [0.29, 0.717) is 38.3 Å². The minimum absolute atomic E-state index is 0.0954. The van der Waals surface area contributed by atoms with Gasteiger partial charge in [-0.1, -0.05) is 18.2 Å². The molecular formula is C19H18F4N2O2. The van der Waals surface area contributed by atoms with Crippen LogP contribution >= 0.6 is 0 Å². The second-order valence-electron chi connectivity index (χ2n) is 6.18. The van der Waals surface area contributed by atoms with Gasteiger partial charge in [-0.2, -0.15) is 8.78 Å². The SMILES string of the molecule is O=C(c1ccc(F)c(F)c1)N1CCN(Cc2ccccc2OC(F)F)CC1. The van der Waals surface area contributed by atoms with Gasteiger partial charge in [0.05, 0.1) is 0 Å². The van der Waals surface area contributed by atoms with Gasteiger partial charge in [0.1, 0.15) is 5.75 Å². The summed E-state index contributed by atoms with van der Waals surface area (Å²) in [7, 11) is 0. The van der Waals surface area contributed by atoms with E-state index in [9.17, 15) is 22.4 Å². The molecule has 3 rings (SSSR count). The van der Waals surface area contributed by atoms with Gasteiger partial charge in [-0.05, 0) is 24.3 Å². The van der Waals surface area contributed by atoms with Crippen LogP contribution in [0.2, 0.25) is 0 Å². The summed E-state index contributed by atoms with van der Waals surface area (Å²) in [5, 5.41) is 0. The maximum absolute atomic E-state index is 13.3. The lowest BCUT2D eigenvalue weighted by molar-refractivity contribution is -0.0508. The standard InChI is InChI=1S/C19H18F4N2O2/c20-15-6-5-13(11-16(15)21)18(26)25-9-7-24(8-10-25)12-14-3-1-2-4-17(14)27-19(22)23/h1-6,11,19H,7-10,12H2. The Morgan fingerprint density at radius 2 is 1.70 bits per heavy atom. The zero-order chi connectivity index (χ0) is 19.4. The third-order valence-corrected chi connectivity index (χ3v) is 4.41. The van der Waals surface area contributed by atoms with Gasteiger partial charge in [0.25, 0.3) is 5.91 Å². The number of ether oxygens (including phenoxy) is 1. The molecular weight excluding hydrogens is 364 g/mol. The molecule has 0 saturated carbocycles. The molecule has 144 valence electrons. The highest BCUT2D eigenvalue weighted by Gasteiger charge is 2.23. The maximum atomic E-state index is 13.3. The Morgan fingerprint density at radius 3 is 2.37 bits per heavy atom. The molecule has 0 bridgehead atoms. The highest BCUT2D eigenvalue weighted by Crippen LogP contribution is 2.22. The Bertz CT molecular complexity index is 808. The van der Waals surface area contributed by atoms with Crippen molar-refractivity contribution in [3.8, 4) is 5.75 Å². The van der Waals surface area contributed by atoms with Crippen LogP contribution in [0.4, 0.5) is 17.6 Å². The maximum Gasteiger partial charge on any atom is 0.387 e. The summed E-state index contributed by atoms with van der Waals surface area (Å²) in [6, 6.07) is 9.66. The normalized spacial score (nSPS) is 15.2. The van der Waals surface area contributed by atoms with E-state index in [1.165, 1.54) is 12.1 Å². The molecule has 0 radical (unpaired) electrons. The molecule has 1 amide bonds. The zero-order valence-electron chi connectivity index (χ0n) is 14.4. The Labute approximate surface area is 153 Å². The second kappa shape index (κ2) is 8.39. The van der Waals surface area contributed by atoms with Gasteiger partial charge in [0.2, 0.25) is 0 Å². The van der Waals surface area contributed by atoms with Crippen molar-refractivity contribution in [3.63, 3.8) is 0 Å². The monoisotopic (exact) mass is 382 g/mol. The fourth-order valence-electron chi connectivity index (χ4n) is 3.01. The molecule has 8 heteroatoms. The number of para-hydroxylation sites is 1. The number of amides is 1. The molecule has 1 aliphatic heterocycles. The lowest BCUT2D eigenvalue weighted by Crippen LogP contribution is -2.48. The van der Waals surface area contributed by atoms with E-state index in [2.05, 4.69) is 4.74 Å². The first-order valence-electron chi connectivity index (χ1n) is 8.43. The Morgan fingerprint density at radius 1 is 1.00 bits per heavy atom. The first kappa shape index (κ1) is 19.2. The van der Waals surface area contributed by atoms with Crippen LogP contribution in [0, 0.1) is 11.6 Å². The van der Waals surface area contributed by atoms with Crippen molar-refractivity contribution in [2.45, 2.75) is 13.2 Å². The molecule has 27 heavy (non-hydrogen) atoms. The molecule has 0 atom stereocenters. The van der Waals surface area contributed by atoms with Crippen LogP contribution in [-0.4, -0.2) is 48.5 Å². The molecule has 4 nitrogen and oxygen atoms in total. The highest BCUT2D eigenvalue weighted by atomic mass is 19.3. The number of hydrogen-bond donors (Lipinski definition) is 0. The predicted octanol–water partition coefficient (Wildman–Crippen LogP) is 3.52. The minimum Gasteiger partial charge on any atom is -0.434 e. The number of piperazine rings is 1. The largest absolute Gasteiger partial charge is 0.434 e. The van der Waals surface area contributed by atoms with Gasteiger partial charge < -0.3 is 9.64 Å². The van der Waals surface area contributed by atoms with Crippen LogP contribution in [0.1, 0.15) is 15.9 Å². The summed E-state index contributed by atoms with van der Waals surface area (Å²) >= 11 is 0. The number of halogens is 4. The number of hydrogen-bond acceptors (Lipinski definition) is 3. The van der Waals surface area contributed by atoms with Gasteiger partial charge >= 0.3 is 6.61 Å². The van der Waals surface area contributed by atoms with Gasteiger partial charge in [-0.15, -0.1) is 0 Å². The van der Waals surface area contributed by atoms with E-state index in [1.54, 1.807) is 23.1 Å². The minimum atomic E-state index is -2.89. The van der Waals surface area contributed by atoms with Crippen molar-refractivity contribution >= 4 is 5.91 Å². The summed E-state index contributed by atoms with van der Waals surface area (Å²) in [5.74, 6) is -2.29.